The summed E-state index contributed by atoms with van der Waals surface area (Å²) in [6, 6.07) is 0.331. The van der Waals surface area contributed by atoms with E-state index in [-0.39, 0.29) is 6.61 Å². The summed E-state index contributed by atoms with van der Waals surface area (Å²) in [5.41, 5.74) is 0. The molecule has 19 heavy (non-hydrogen) atoms. The lowest BCUT2D eigenvalue weighted by molar-refractivity contribution is -0.0283. The average molecular weight is 273 g/mol. The number of aliphatic hydroxyl groups is 2. The summed E-state index contributed by atoms with van der Waals surface area (Å²) in [7, 11) is 0. The lowest BCUT2D eigenvalue weighted by Crippen LogP contribution is -2.37. The molecule has 0 aliphatic heterocycles. The van der Waals surface area contributed by atoms with Crippen LogP contribution in [0.5, 0.6) is 0 Å². The Labute approximate surface area is 117 Å². The molecular weight excluding hydrogens is 242 g/mol. The van der Waals surface area contributed by atoms with Gasteiger partial charge in [-0.1, -0.05) is 6.92 Å². The lowest BCUT2D eigenvalue weighted by Gasteiger charge is -2.27. The second-order valence-corrected chi connectivity index (χ2v) is 6.04. The predicted molar refractivity (Wildman–Crippen MR) is 77.2 cm³/mol. The quantitative estimate of drug-likeness (QED) is 0.598. The van der Waals surface area contributed by atoms with E-state index in [9.17, 15) is 5.11 Å². The highest BCUT2D eigenvalue weighted by Crippen LogP contribution is 2.25. The van der Waals surface area contributed by atoms with Crippen LogP contribution >= 0.6 is 0 Å². The minimum atomic E-state index is -0.434. The van der Waals surface area contributed by atoms with Crippen LogP contribution in [-0.2, 0) is 4.74 Å². The standard InChI is InChI=1S/C15H31NO3/c1-12-5-7-15(8-6-12)19-11-14(18)10-16-13(2)4-3-9-17/h12-18H,3-11H2,1-2H3. The van der Waals surface area contributed by atoms with Crippen LogP contribution in [0.25, 0.3) is 0 Å². The van der Waals surface area contributed by atoms with E-state index >= 15 is 0 Å². The van der Waals surface area contributed by atoms with Gasteiger partial charge in [0, 0.05) is 19.2 Å². The largest absolute Gasteiger partial charge is 0.396 e. The molecule has 0 heterocycles. The minimum absolute atomic E-state index is 0.234. The van der Waals surface area contributed by atoms with Crippen molar-refractivity contribution in [2.24, 2.45) is 5.92 Å². The van der Waals surface area contributed by atoms with Crippen molar-refractivity contribution in [3.63, 3.8) is 0 Å². The SMILES string of the molecule is CC1CCC(OCC(O)CNC(C)CCCO)CC1. The van der Waals surface area contributed by atoms with Crippen molar-refractivity contribution >= 4 is 0 Å². The van der Waals surface area contributed by atoms with Crippen molar-refractivity contribution in [3.05, 3.63) is 0 Å². The van der Waals surface area contributed by atoms with E-state index in [4.69, 9.17) is 9.84 Å². The molecule has 2 atom stereocenters. The van der Waals surface area contributed by atoms with Crippen LogP contribution in [0.2, 0.25) is 0 Å². The Hall–Kier alpha value is -0.160. The fraction of sp³-hybridized carbons (Fsp3) is 1.00. The van der Waals surface area contributed by atoms with Crippen molar-refractivity contribution in [2.45, 2.75) is 70.6 Å². The van der Waals surface area contributed by atoms with Crippen LogP contribution < -0.4 is 5.32 Å². The van der Waals surface area contributed by atoms with E-state index in [1.165, 1.54) is 12.8 Å². The van der Waals surface area contributed by atoms with E-state index in [2.05, 4.69) is 19.2 Å². The second kappa shape index (κ2) is 9.70. The van der Waals surface area contributed by atoms with Crippen LogP contribution in [0.3, 0.4) is 0 Å². The second-order valence-electron chi connectivity index (χ2n) is 6.04. The summed E-state index contributed by atoms with van der Waals surface area (Å²) in [5.74, 6) is 0.832. The summed E-state index contributed by atoms with van der Waals surface area (Å²) >= 11 is 0. The maximum atomic E-state index is 9.87. The van der Waals surface area contributed by atoms with Crippen LogP contribution in [0.1, 0.15) is 52.4 Å². The van der Waals surface area contributed by atoms with Gasteiger partial charge in [0.2, 0.25) is 0 Å². The van der Waals surface area contributed by atoms with Crippen molar-refractivity contribution < 1.29 is 14.9 Å². The third-order valence-corrected chi connectivity index (χ3v) is 3.98. The van der Waals surface area contributed by atoms with Crippen molar-refractivity contribution in [3.8, 4) is 0 Å². The van der Waals surface area contributed by atoms with Gasteiger partial charge in [-0.05, 0) is 51.4 Å². The molecule has 2 unspecified atom stereocenters. The van der Waals surface area contributed by atoms with E-state index in [0.29, 0.717) is 25.3 Å². The number of hydrogen-bond acceptors (Lipinski definition) is 4. The van der Waals surface area contributed by atoms with Gasteiger partial charge in [0.15, 0.2) is 0 Å². The number of ether oxygens (including phenoxy) is 1. The van der Waals surface area contributed by atoms with Gasteiger partial charge in [0.05, 0.1) is 18.8 Å². The number of aliphatic hydroxyl groups excluding tert-OH is 2. The molecule has 0 aromatic carbocycles. The maximum Gasteiger partial charge on any atom is 0.0897 e. The lowest BCUT2D eigenvalue weighted by atomic mass is 9.89. The van der Waals surface area contributed by atoms with Gasteiger partial charge in [0.25, 0.3) is 0 Å². The van der Waals surface area contributed by atoms with Crippen LogP contribution in [-0.4, -0.2) is 48.2 Å². The molecule has 0 saturated heterocycles. The molecule has 0 aromatic heterocycles. The topological polar surface area (TPSA) is 61.7 Å². The summed E-state index contributed by atoms with van der Waals surface area (Å²) in [6.45, 7) is 5.60. The Kier molecular flexibility index (Phi) is 8.62. The number of rotatable bonds is 9. The molecule has 3 N–H and O–H groups in total. The van der Waals surface area contributed by atoms with Crippen molar-refractivity contribution in [1.29, 1.82) is 0 Å². The van der Waals surface area contributed by atoms with Crippen molar-refractivity contribution in [2.75, 3.05) is 19.8 Å². The first-order chi connectivity index (χ1) is 9.11. The third-order valence-electron chi connectivity index (χ3n) is 3.98. The van der Waals surface area contributed by atoms with Gasteiger partial charge in [-0.3, -0.25) is 0 Å². The Morgan fingerprint density at radius 1 is 1.26 bits per heavy atom. The Morgan fingerprint density at radius 3 is 2.58 bits per heavy atom. The molecule has 0 amide bonds. The molecule has 1 rings (SSSR count). The molecule has 1 saturated carbocycles. The first-order valence-electron chi connectivity index (χ1n) is 7.75. The van der Waals surface area contributed by atoms with Crippen molar-refractivity contribution in [1.82, 2.24) is 5.32 Å². The maximum absolute atomic E-state index is 9.87. The smallest absolute Gasteiger partial charge is 0.0897 e. The highest BCUT2D eigenvalue weighted by molar-refractivity contribution is 4.71. The molecule has 4 nitrogen and oxygen atoms in total. The summed E-state index contributed by atoms with van der Waals surface area (Å²) < 4.78 is 5.78. The van der Waals surface area contributed by atoms with Crippen LogP contribution in [0.4, 0.5) is 0 Å². The van der Waals surface area contributed by atoms with Gasteiger partial charge in [-0.15, -0.1) is 0 Å². The normalized spacial score (nSPS) is 27.2. The zero-order valence-corrected chi connectivity index (χ0v) is 12.5. The van der Waals surface area contributed by atoms with E-state index in [1.54, 1.807) is 0 Å². The zero-order chi connectivity index (χ0) is 14.1. The highest BCUT2D eigenvalue weighted by atomic mass is 16.5. The molecule has 0 spiro atoms. The molecule has 1 fully saturated rings. The molecular formula is C15H31NO3. The molecule has 1 aliphatic carbocycles. The van der Waals surface area contributed by atoms with Crippen LogP contribution in [0.15, 0.2) is 0 Å². The molecule has 0 radical (unpaired) electrons. The van der Waals surface area contributed by atoms with E-state index < -0.39 is 6.10 Å². The van der Waals surface area contributed by atoms with Crippen LogP contribution in [0, 0.1) is 5.92 Å². The Bertz CT molecular complexity index is 217. The average Bonchev–Trinajstić information content (AvgIpc) is 2.42. The predicted octanol–water partition coefficient (Wildman–Crippen LogP) is 1.69. The van der Waals surface area contributed by atoms with Gasteiger partial charge in [-0.25, -0.2) is 0 Å². The highest BCUT2D eigenvalue weighted by Gasteiger charge is 2.19. The zero-order valence-electron chi connectivity index (χ0n) is 12.5. The van der Waals surface area contributed by atoms with Gasteiger partial charge >= 0.3 is 0 Å². The van der Waals surface area contributed by atoms with E-state index in [1.807, 2.05) is 0 Å². The Morgan fingerprint density at radius 2 is 1.95 bits per heavy atom. The van der Waals surface area contributed by atoms with Gasteiger partial charge in [-0.2, -0.15) is 0 Å². The summed E-state index contributed by atoms with van der Waals surface area (Å²) in [6.07, 6.45) is 6.41. The number of nitrogens with one attached hydrogen (secondary N) is 1. The molecule has 1 aliphatic rings. The van der Waals surface area contributed by atoms with E-state index in [0.717, 1.165) is 31.6 Å². The fourth-order valence-electron chi connectivity index (χ4n) is 2.54. The molecule has 0 bridgehead atoms. The minimum Gasteiger partial charge on any atom is -0.396 e. The Balaban J connectivity index is 2.02. The molecule has 4 heteroatoms. The summed E-state index contributed by atoms with van der Waals surface area (Å²) in [4.78, 5) is 0. The fourth-order valence-corrected chi connectivity index (χ4v) is 2.54. The van der Waals surface area contributed by atoms with Gasteiger partial charge in [0.1, 0.15) is 0 Å². The summed E-state index contributed by atoms with van der Waals surface area (Å²) in [5, 5.41) is 21.9. The first-order valence-corrected chi connectivity index (χ1v) is 7.75. The third kappa shape index (κ3) is 7.88. The first kappa shape index (κ1) is 16.9. The number of hydrogen-bond donors (Lipinski definition) is 3. The monoisotopic (exact) mass is 273 g/mol. The molecule has 0 aromatic rings. The van der Waals surface area contributed by atoms with Gasteiger partial charge < -0.3 is 20.3 Å². The molecule has 114 valence electrons.